The quantitative estimate of drug-likeness (QED) is 0.814. The summed E-state index contributed by atoms with van der Waals surface area (Å²) in [7, 11) is 1.84. The molecule has 2 fully saturated rings. The van der Waals surface area contributed by atoms with Gasteiger partial charge in [-0.25, -0.2) is 4.79 Å². The minimum absolute atomic E-state index is 0.131. The van der Waals surface area contributed by atoms with Crippen LogP contribution in [0.25, 0.3) is 0 Å². The van der Waals surface area contributed by atoms with Gasteiger partial charge in [-0.05, 0) is 18.9 Å². The number of amides is 3. The summed E-state index contributed by atoms with van der Waals surface area (Å²) in [6, 6.07) is 1.60. The monoisotopic (exact) mass is 262 g/mol. The van der Waals surface area contributed by atoms with Crippen molar-refractivity contribution in [2.45, 2.75) is 44.2 Å². The average Bonchev–Trinajstić information content (AvgIpc) is 2.89. The van der Waals surface area contributed by atoms with Gasteiger partial charge in [-0.2, -0.15) is 5.10 Å². The number of urea groups is 1. The summed E-state index contributed by atoms with van der Waals surface area (Å²) in [6.07, 6.45) is 6.51. The number of rotatable bonds is 2. The summed E-state index contributed by atoms with van der Waals surface area (Å²) in [6.45, 7) is 0.401. The van der Waals surface area contributed by atoms with Crippen LogP contribution in [0.1, 0.15) is 37.8 Å². The Balaban J connectivity index is 1.88. The number of aryl methyl sites for hydroxylation is 1. The SMILES string of the molecule is Cn1ccc(CN2C(=O)NC(=O)C23CCCCC3)n1. The summed E-state index contributed by atoms with van der Waals surface area (Å²) in [5.41, 5.74) is 0.185. The normalized spacial score (nSPS) is 22.1. The molecule has 6 heteroatoms. The third kappa shape index (κ3) is 1.91. The molecule has 3 rings (SSSR count). The van der Waals surface area contributed by atoms with Gasteiger partial charge in [0.25, 0.3) is 5.91 Å². The fraction of sp³-hybridized carbons (Fsp3) is 0.615. The zero-order valence-corrected chi connectivity index (χ0v) is 11.1. The number of carbonyl (C=O) groups is 2. The van der Waals surface area contributed by atoms with E-state index >= 15 is 0 Å². The smallest absolute Gasteiger partial charge is 0.304 e. The summed E-state index contributed by atoms with van der Waals surface area (Å²) in [5, 5.41) is 6.76. The standard InChI is InChI=1S/C13H18N4O2/c1-16-8-5-10(15-16)9-17-12(19)14-11(18)13(17)6-3-2-4-7-13/h5,8H,2-4,6-7,9H2,1H3,(H,14,18,19). The van der Waals surface area contributed by atoms with Crippen molar-refractivity contribution in [2.75, 3.05) is 0 Å². The van der Waals surface area contributed by atoms with Crippen molar-refractivity contribution in [2.24, 2.45) is 7.05 Å². The van der Waals surface area contributed by atoms with Crippen LogP contribution >= 0.6 is 0 Å². The molecular weight excluding hydrogens is 244 g/mol. The van der Waals surface area contributed by atoms with Gasteiger partial charge < -0.3 is 4.90 Å². The fourth-order valence-electron chi connectivity index (χ4n) is 3.16. The van der Waals surface area contributed by atoms with Crippen LogP contribution in [-0.4, -0.2) is 32.2 Å². The second-order valence-electron chi connectivity index (χ2n) is 5.42. The second kappa shape index (κ2) is 4.36. The lowest BCUT2D eigenvalue weighted by atomic mass is 9.80. The maximum atomic E-state index is 12.2. The number of aromatic nitrogens is 2. The molecule has 0 aromatic carbocycles. The van der Waals surface area contributed by atoms with Crippen LogP contribution in [0.5, 0.6) is 0 Å². The fourth-order valence-corrected chi connectivity index (χ4v) is 3.16. The lowest BCUT2D eigenvalue weighted by Gasteiger charge is -2.37. The zero-order valence-electron chi connectivity index (χ0n) is 11.1. The topological polar surface area (TPSA) is 67.2 Å². The predicted molar refractivity (Wildman–Crippen MR) is 68.1 cm³/mol. The van der Waals surface area contributed by atoms with Gasteiger partial charge in [0.1, 0.15) is 5.54 Å². The molecule has 1 aromatic rings. The molecule has 0 atom stereocenters. The third-order valence-corrected chi connectivity index (χ3v) is 4.17. The predicted octanol–water partition coefficient (Wildman–Crippen LogP) is 1.17. The van der Waals surface area contributed by atoms with E-state index in [9.17, 15) is 9.59 Å². The maximum Gasteiger partial charge on any atom is 0.325 e. The molecule has 19 heavy (non-hydrogen) atoms. The minimum Gasteiger partial charge on any atom is -0.304 e. The first-order valence-corrected chi connectivity index (χ1v) is 6.73. The van der Waals surface area contributed by atoms with Gasteiger partial charge in [0.05, 0.1) is 12.2 Å². The van der Waals surface area contributed by atoms with Gasteiger partial charge >= 0.3 is 6.03 Å². The van der Waals surface area contributed by atoms with Crippen LogP contribution < -0.4 is 5.32 Å². The van der Waals surface area contributed by atoms with Gasteiger partial charge in [0.2, 0.25) is 0 Å². The molecule has 1 N–H and O–H groups in total. The van der Waals surface area contributed by atoms with E-state index in [4.69, 9.17) is 0 Å². The maximum absolute atomic E-state index is 12.2. The summed E-state index contributed by atoms with van der Waals surface area (Å²) < 4.78 is 1.71. The molecule has 1 aromatic heterocycles. The minimum atomic E-state index is -0.632. The highest BCUT2D eigenvalue weighted by Gasteiger charge is 2.52. The molecule has 0 bridgehead atoms. The van der Waals surface area contributed by atoms with E-state index in [1.807, 2.05) is 19.3 Å². The summed E-state index contributed by atoms with van der Waals surface area (Å²) >= 11 is 0. The Morgan fingerprint density at radius 3 is 2.68 bits per heavy atom. The van der Waals surface area contributed by atoms with E-state index in [2.05, 4.69) is 10.4 Å². The van der Waals surface area contributed by atoms with E-state index in [-0.39, 0.29) is 11.9 Å². The van der Waals surface area contributed by atoms with Crippen molar-refractivity contribution in [3.05, 3.63) is 18.0 Å². The number of hydrogen-bond donors (Lipinski definition) is 1. The van der Waals surface area contributed by atoms with Gasteiger partial charge in [0.15, 0.2) is 0 Å². The summed E-state index contributed by atoms with van der Waals surface area (Å²) in [4.78, 5) is 25.9. The molecule has 1 saturated heterocycles. The van der Waals surface area contributed by atoms with Crippen LogP contribution in [-0.2, 0) is 18.4 Å². The molecule has 0 radical (unpaired) electrons. The Bertz CT molecular complexity index is 516. The van der Waals surface area contributed by atoms with Crippen LogP contribution in [0.3, 0.4) is 0 Å². The summed E-state index contributed by atoms with van der Waals surface area (Å²) in [5.74, 6) is -0.131. The third-order valence-electron chi connectivity index (χ3n) is 4.17. The Morgan fingerprint density at radius 1 is 1.32 bits per heavy atom. The van der Waals surface area contributed by atoms with Gasteiger partial charge in [-0.15, -0.1) is 0 Å². The highest BCUT2D eigenvalue weighted by molar-refractivity contribution is 6.07. The first-order chi connectivity index (χ1) is 9.12. The zero-order chi connectivity index (χ0) is 13.5. The van der Waals surface area contributed by atoms with Crippen molar-refractivity contribution >= 4 is 11.9 Å². The highest BCUT2D eigenvalue weighted by Crippen LogP contribution is 2.37. The van der Waals surface area contributed by atoms with E-state index in [1.54, 1.807) is 9.58 Å². The molecule has 1 spiro atoms. The molecule has 1 saturated carbocycles. The average molecular weight is 262 g/mol. The van der Waals surface area contributed by atoms with Gasteiger partial charge in [-0.3, -0.25) is 14.8 Å². The van der Waals surface area contributed by atoms with Crippen LogP contribution in [0.2, 0.25) is 0 Å². The van der Waals surface area contributed by atoms with Crippen molar-refractivity contribution in [1.29, 1.82) is 0 Å². The number of imide groups is 1. The highest BCUT2D eigenvalue weighted by atomic mass is 16.2. The Morgan fingerprint density at radius 2 is 2.05 bits per heavy atom. The van der Waals surface area contributed by atoms with Crippen molar-refractivity contribution < 1.29 is 9.59 Å². The van der Waals surface area contributed by atoms with Crippen molar-refractivity contribution in [1.82, 2.24) is 20.0 Å². The molecule has 0 unspecified atom stereocenters. The number of carbonyl (C=O) groups excluding carboxylic acids is 2. The van der Waals surface area contributed by atoms with Crippen molar-refractivity contribution in [3.8, 4) is 0 Å². The first kappa shape index (κ1) is 12.2. The number of hydrogen-bond acceptors (Lipinski definition) is 3. The van der Waals surface area contributed by atoms with E-state index in [0.29, 0.717) is 6.54 Å². The van der Waals surface area contributed by atoms with E-state index < -0.39 is 5.54 Å². The van der Waals surface area contributed by atoms with Crippen LogP contribution in [0.15, 0.2) is 12.3 Å². The largest absolute Gasteiger partial charge is 0.325 e. The van der Waals surface area contributed by atoms with E-state index in [0.717, 1.165) is 37.8 Å². The Hall–Kier alpha value is -1.85. The first-order valence-electron chi connectivity index (χ1n) is 6.73. The number of nitrogens with zero attached hydrogens (tertiary/aromatic N) is 3. The Kier molecular flexibility index (Phi) is 2.80. The molecule has 102 valence electrons. The van der Waals surface area contributed by atoms with Crippen molar-refractivity contribution in [3.63, 3.8) is 0 Å². The Labute approximate surface area is 111 Å². The molecule has 1 aliphatic heterocycles. The molecule has 3 amide bonds. The molecule has 2 heterocycles. The molecule has 6 nitrogen and oxygen atoms in total. The van der Waals surface area contributed by atoms with Gasteiger partial charge in [0, 0.05) is 13.2 Å². The van der Waals surface area contributed by atoms with Crippen LogP contribution in [0, 0.1) is 0 Å². The lowest BCUT2D eigenvalue weighted by molar-refractivity contribution is -0.128. The van der Waals surface area contributed by atoms with Gasteiger partial charge in [-0.1, -0.05) is 19.3 Å². The second-order valence-corrected chi connectivity index (χ2v) is 5.42. The molecule has 2 aliphatic rings. The number of nitrogens with one attached hydrogen (secondary N) is 1. The van der Waals surface area contributed by atoms with E-state index in [1.165, 1.54) is 0 Å². The molecular formula is C13H18N4O2. The molecule has 1 aliphatic carbocycles. The van der Waals surface area contributed by atoms with Crippen LogP contribution in [0.4, 0.5) is 4.79 Å². The lowest BCUT2D eigenvalue weighted by Crippen LogP contribution is -2.50.